The summed E-state index contributed by atoms with van der Waals surface area (Å²) in [4.78, 5) is 4.73. The van der Waals surface area contributed by atoms with Crippen molar-refractivity contribution >= 4 is 15.9 Å². The van der Waals surface area contributed by atoms with E-state index in [1.807, 2.05) is 6.07 Å². The average Bonchev–Trinajstić information content (AvgIpc) is 2.88. The number of hydrogen-bond acceptors (Lipinski definition) is 4. The van der Waals surface area contributed by atoms with Crippen molar-refractivity contribution in [3.05, 3.63) is 22.6 Å². The predicted octanol–water partition coefficient (Wildman–Crippen LogP) is 1.92. The average molecular weight is 316 g/mol. The van der Waals surface area contributed by atoms with Gasteiger partial charge in [-0.1, -0.05) is 6.92 Å². The summed E-state index contributed by atoms with van der Waals surface area (Å²) in [6.07, 6.45) is 1.71. The zero-order valence-corrected chi connectivity index (χ0v) is 12.9. The largest absolute Gasteiger partial charge is 0.466 e. The summed E-state index contributed by atoms with van der Waals surface area (Å²) >= 11 is 3.53. The summed E-state index contributed by atoms with van der Waals surface area (Å²) < 4.78 is 6.59. The Morgan fingerprint density at radius 3 is 2.72 bits per heavy atom. The molecule has 2 heterocycles. The first kappa shape index (κ1) is 14.1. The molecule has 0 spiro atoms. The fourth-order valence-corrected chi connectivity index (χ4v) is 3.34. The molecule has 1 aromatic heterocycles. The van der Waals surface area contributed by atoms with Gasteiger partial charge < -0.3 is 15.1 Å². The van der Waals surface area contributed by atoms with Crippen LogP contribution >= 0.6 is 15.9 Å². The molecule has 0 radical (unpaired) electrons. The third-order valence-electron chi connectivity index (χ3n) is 3.88. The maximum absolute atomic E-state index is 5.94. The van der Waals surface area contributed by atoms with Gasteiger partial charge in [0.1, 0.15) is 5.76 Å². The number of rotatable bonds is 4. The third-order valence-corrected chi connectivity index (χ3v) is 4.53. The Morgan fingerprint density at radius 1 is 1.56 bits per heavy atom. The number of likely N-dealkylation sites (N-methyl/N-ethyl adjacent to an activating group) is 1. The van der Waals surface area contributed by atoms with Crippen molar-refractivity contribution in [1.82, 2.24) is 9.80 Å². The van der Waals surface area contributed by atoms with E-state index in [1.165, 1.54) is 0 Å². The van der Waals surface area contributed by atoms with Crippen LogP contribution in [0.15, 0.2) is 21.2 Å². The van der Waals surface area contributed by atoms with Crippen molar-refractivity contribution in [2.45, 2.75) is 19.0 Å². The Hall–Kier alpha value is -0.360. The summed E-state index contributed by atoms with van der Waals surface area (Å²) in [7, 11) is 4.29. The van der Waals surface area contributed by atoms with Crippen molar-refractivity contribution in [2.75, 3.05) is 33.7 Å². The van der Waals surface area contributed by atoms with E-state index >= 15 is 0 Å². The zero-order valence-electron chi connectivity index (χ0n) is 11.3. The van der Waals surface area contributed by atoms with Crippen LogP contribution in [0.2, 0.25) is 0 Å². The van der Waals surface area contributed by atoms with E-state index in [9.17, 15) is 0 Å². The third kappa shape index (κ3) is 2.64. The van der Waals surface area contributed by atoms with Crippen LogP contribution in [0.4, 0.5) is 0 Å². The van der Waals surface area contributed by atoms with E-state index < -0.39 is 0 Å². The first-order valence-corrected chi connectivity index (χ1v) is 7.17. The van der Waals surface area contributed by atoms with E-state index in [4.69, 9.17) is 10.2 Å². The van der Waals surface area contributed by atoms with Crippen LogP contribution in [-0.2, 0) is 0 Å². The second kappa shape index (κ2) is 5.74. The molecular weight excluding hydrogens is 294 g/mol. The van der Waals surface area contributed by atoms with Crippen LogP contribution in [0, 0.1) is 5.92 Å². The highest BCUT2D eigenvalue weighted by Crippen LogP contribution is 2.32. The van der Waals surface area contributed by atoms with Gasteiger partial charge in [0.05, 0.1) is 16.8 Å². The number of nitrogens with zero attached hydrogens (tertiary/aromatic N) is 2. The standard InChI is InChI=1S/C13H22BrN3O/c1-9-7-17(8-12(9)16(2)3)11(6-15)13-10(14)4-5-18-13/h4-5,9,11-12H,6-8,15H2,1-3H3. The minimum absolute atomic E-state index is 0.168. The number of hydrogen-bond donors (Lipinski definition) is 1. The lowest BCUT2D eigenvalue weighted by atomic mass is 10.1. The van der Waals surface area contributed by atoms with Crippen molar-refractivity contribution in [2.24, 2.45) is 11.7 Å². The van der Waals surface area contributed by atoms with Gasteiger partial charge >= 0.3 is 0 Å². The van der Waals surface area contributed by atoms with Crippen molar-refractivity contribution in [3.63, 3.8) is 0 Å². The first-order valence-electron chi connectivity index (χ1n) is 6.38. The highest BCUT2D eigenvalue weighted by Gasteiger charge is 2.36. The lowest BCUT2D eigenvalue weighted by molar-refractivity contribution is 0.198. The molecule has 1 fully saturated rings. The van der Waals surface area contributed by atoms with Gasteiger partial charge in [-0.15, -0.1) is 0 Å². The van der Waals surface area contributed by atoms with Gasteiger partial charge in [-0.3, -0.25) is 4.90 Å². The lowest BCUT2D eigenvalue weighted by Crippen LogP contribution is -2.36. The molecule has 102 valence electrons. The molecule has 4 nitrogen and oxygen atoms in total. The molecule has 1 aliphatic rings. The van der Waals surface area contributed by atoms with E-state index in [2.05, 4.69) is 46.7 Å². The molecule has 0 bridgehead atoms. The number of likely N-dealkylation sites (tertiary alicyclic amines) is 1. The molecule has 2 rings (SSSR count). The Balaban J connectivity index is 2.14. The van der Waals surface area contributed by atoms with Gasteiger partial charge in [-0.05, 0) is 42.0 Å². The Labute approximate surface area is 117 Å². The molecule has 1 saturated heterocycles. The minimum atomic E-state index is 0.168. The lowest BCUT2D eigenvalue weighted by Gasteiger charge is -2.26. The predicted molar refractivity (Wildman–Crippen MR) is 76.4 cm³/mol. The van der Waals surface area contributed by atoms with E-state index in [0.29, 0.717) is 18.5 Å². The number of furan rings is 1. The number of nitrogens with two attached hydrogens (primary N) is 1. The van der Waals surface area contributed by atoms with E-state index in [0.717, 1.165) is 23.3 Å². The number of halogens is 1. The molecule has 18 heavy (non-hydrogen) atoms. The normalized spacial score (nSPS) is 27.0. The molecule has 0 amide bonds. The molecule has 0 aliphatic carbocycles. The Bertz CT molecular complexity index is 393. The molecule has 0 saturated carbocycles. The first-order chi connectivity index (χ1) is 8.54. The highest BCUT2D eigenvalue weighted by molar-refractivity contribution is 9.10. The highest BCUT2D eigenvalue weighted by atomic mass is 79.9. The van der Waals surface area contributed by atoms with Gasteiger partial charge in [-0.25, -0.2) is 0 Å². The molecule has 2 N–H and O–H groups in total. The second-order valence-corrected chi connectivity index (χ2v) is 6.20. The van der Waals surface area contributed by atoms with Gasteiger partial charge in [0.15, 0.2) is 0 Å². The van der Waals surface area contributed by atoms with Crippen molar-refractivity contribution in [3.8, 4) is 0 Å². The van der Waals surface area contributed by atoms with E-state index in [-0.39, 0.29) is 6.04 Å². The fourth-order valence-electron chi connectivity index (χ4n) is 2.88. The molecule has 3 atom stereocenters. The summed E-state index contributed by atoms with van der Waals surface area (Å²) in [5.41, 5.74) is 5.94. The Morgan fingerprint density at radius 2 is 2.28 bits per heavy atom. The van der Waals surface area contributed by atoms with Crippen molar-refractivity contribution in [1.29, 1.82) is 0 Å². The summed E-state index contributed by atoms with van der Waals surface area (Å²) in [5, 5.41) is 0. The van der Waals surface area contributed by atoms with Crippen LogP contribution in [0.5, 0.6) is 0 Å². The van der Waals surface area contributed by atoms with Crippen molar-refractivity contribution < 1.29 is 4.42 Å². The second-order valence-electron chi connectivity index (χ2n) is 5.35. The molecule has 5 heteroatoms. The Kier molecular flexibility index (Phi) is 4.48. The zero-order chi connectivity index (χ0) is 13.3. The summed E-state index contributed by atoms with van der Waals surface area (Å²) in [6, 6.07) is 2.69. The minimum Gasteiger partial charge on any atom is -0.466 e. The molecule has 0 aromatic carbocycles. The maximum atomic E-state index is 5.94. The SMILES string of the molecule is CC1CN(C(CN)c2occc2Br)CC1N(C)C. The van der Waals surface area contributed by atoms with Crippen LogP contribution in [0.3, 0.4) is 0 Å². The van der Waals surface area contributed by atoms with E-state index in [1.54, 1.807) is 6.26 Å². The summed E-state index contributed by atoms with van der Waals surface area (Å²) in [5.74, 6) is 1.60. The van der Waals surface area contributed by atoms with Gasteiger partial charge in [0, 0.05) is 25.7 Å². The maximum Gasteiger partial charge on any atom is 0.136 e. The summed E-state index contributed by atoms with van der Waals surface area (Å²) in [6.45, 7) is 5.00. The van der Waals surface area contributed by atoms with Crippen LogP contribution in [-0.4, -0.2) is 49.6 Å². The topological polar surface area (TPSA) is 45.6 Å². The molecule has 1 aromatic rings. The molecular formula is C13H22BrN3O. The fraction of sp³-hybridized carbons (Fsp3) is 0.692. The van der Waals surface area contributed by atoms with Gasteiger partial charge in [0.25, 0.3) is 0 Å². The monoisotopic (exact) mass is 315 g/mol. The molecule has 3 unspecified atom stereocenters. The van der Waals surface area contributed by atoms with Crippen LogP contribution in [0.1, 0.15) is 18.7 Å². The van der Waals surface area contributed by atoms with Crippen LogP contribution in [0.25, 0.3) is 0 Å². The van der Waals surface area contributed by atoms with Gasteiger partial charge in [0.2, 0.25) is 0 Å². The quantitative estimate of drug-likeness (QED) is 0.922. The molecule has 1 aliphatic heterocycles. The smallest absolute Gasteiger partial charge is 0.136 e. The van der Waals surface area contributed by atoms with Gasteiger partial charge in [-0.2, -0.15) is 0 Å². The van der Waals surface area contributed by atoms with Crippen LogP contribution < -0.4 is 5.73 Å².